The average molecular weight is 397 g/mol. The van der Waals surface area contributed by atoms with Crippen molar-refractivity contribution in [3.05, 3.63) is 0 Å². The lowest BCUT2D eigenvalue weighted by Crippen LogP contribution is -2.60. The molecule has 140 valence electrons. The average Bonchev–Trinajstić information content (AvgIpc) is 2.20. The molecule has 9 heteroatoms. The summed E-state index contributed by atoms with van der Waals surface area (Å²) < 4.78 is 19.9. The summed E-state index contributed by atoms with van der Waals surface area (Å²) in [6.07, 6.45) is 1.84. The van der Waals surface area contributed by atoms with E-state index < -0.39 is 33.8 Å². The summed E-state index contributed by atoms with van der Waals surface area (Å²) in [5, 5.41) is 0. The monoisotopic (exact) mass is 396 g/mol. The van der Waals surface area contributed by atoms with Crippen molar-refractivity contribution in [2.45, 2.75) is 83.9 Å². The Morgan fingerprint density at radius 2 is 1.09 bits per heavy atom. The van der Waals surface area contributed by atoms with Crippen LogP contribution in [0.2, 0.25) is 65.0 Å². The molecule has 0 bridgehead atoms. The van der Waals surface area contributed by atoms with Gasteiger partial charge in [-0.15, -0.1) is 0 Å². The summed E-state index contributed by atoms with van der Waals surface area (Å²) in [7, 11) is -8.02. The SMILES string of the molecule is C[Si](C)(C)O[Si](CCCC(N)CN)(O[Si](C)(C)C)O[Si](C)(C)C. The number of nitrogens with two attached hydrogens (primary N) is 2. The molecule has 0 rings (SSSR count). The molecule has 0 radical (unpaired) electrons. The van der Waals surface area contributed by atoms with Crippen LogP contribution in [0.25, 0.3) is 0 Å². The highest BCUT2D eigenvalue weighted by Gasteiger charge is 2.49. The zero-order valence-corrected chi connectivity index (χ0v) is 20.8. The zero-order valence-electron chi connectivity index (χ0n) is 16.8. The van der Waals surface area contributed by atoms with Gasteiger partial charge in [-0.1, -0.05) is 0 Å². The molecule has 0 heterocycles. The number of hydrogen-bond donors (Lipinski definition) is 2. The smallest absolute Gasteiger partial charge is 0.417 e. The van der Waals surface area contributed by atoms with Crippen LogP contribution in [0.5, 0.6) is 0 Å². The van der Waals surface area contributed by atoms with Gasteiger partial charge in [-0.2, -0.15) is 0 Å². The van der Waals surface area contributed by atoms with Crippen molar-refractivity contribution in [2.24, 2.45) is 11.5 Å². The normalized spacial score (nSPS) is 15.8. The van der Waals surface area contributed by atoms with Crippen LogP contribution in [0, 0.1) is 0 Å². The number of hydrogen-bond acceptors (Lipinski definition) is 5. The minimum atomic E-state index is -2.69. The second kappa shape index (κ2) is 8.85. The molecule has 0 saturated heterocycles. The first-order valence-electron chi connectivity index (χ1n) is 8.64. The molecule has 0 aromatic rings. The fourth-order valence-corrected chi connectivity index (χ4v) is 17.0. The minimum absolute atomic E-state index is 0.0485. The lowest BCUT2D eigenvalue weighted by atomic mass is 10.2. The summed E-state index contributed by atoms with van der Waals surface area (Å²) in [4.78, 5) is 0. The van der Waals surface area contributed by atoms with Gasteiger partial charge in [-0.3, -0.25) is 0 Å². The maximum atomic E-state index is 6.62. The van der Waals surface area contributed by atoms with Crippen LogP contribution < -0.4 is 11.5 Å². The zero-order chi connectivity index (χ0) is 18.5. The first-order valence-corrected chi connectivity index (χ1v) is 20.8. The van der Waals surface area contributed by atoms with Crippen molar-refractivity contribution in [3.8, 4) is 0 Å². The molecule has 0 spiro atoms. The van der Waals surface area contributed by atoms with Gasteiger partial charge in [-0.05, 0) is 71.8 Å². The molecule has 0 fully saturated rings. The van der Waals surface area contributed by atoms with Crippen molar-refractivity contribution in [2.75, 3.05) is 6.54 Å². The van der Waals surface area contributed by atoms with Crippen LogP contribution in [0.4, 0.5) is 0 Å². The Hall–Kier alpha value is 0.668. The van der Waals surface area contributed by atoms with E-state index in [9.17, 15) is 0 Å². The van der Waals surface area contributed by atoms with Crippen molar-refractivity contribution in [1.29, 1.82) is 0 Å². The Balaban J connectivity index is 5.36. The molecule has 0 aromatic carbocycles. The third kappa shape index (κ3) is 12.6. The fourth-order valence-electron chi connectivity index (χ4n) is 2.31. The lowest BCUT2D eigenvalue weighted by molar-refractivity contribution is 0.249. The first kappa shape index (κ1) is 23.7. The van der Waals surface area contributed by atoms with Crippen molar-refractivity contribution >= 4 is 33.8 Å². The molecular weight excluding hydrogens is 357 g/mol. The Labute approximate surface area is 148 Å². The predicted octanol–water partition coefficient (Wildman–Crippen LogP) is 3.55. The van der Waals surface area contributed by atoms with Gasteiger partial charge in [0.25, 0.3) is 0 Å². The van der Waals surface area contributed by atoms with E-state index in [0.29, 0.717) is 6.54 Å². The third-order valence-corrected chi connectivity index (χ3v) is 14.8. The van der Waals surface area contributed by atoms with Gasteiger partial charge in [0.05, 0.1) is 0 Å². The Bertz CT molecular complexity index is 311. The van der Waals surface area contributed by atoms with E-state index >= 15 is 0 Å². The van der Waals surface area contributed by atoms with Crippen LogP contribution in [0.1, 0.15) is 12.8 Å². The largest absolute Gasteiger partial charge is 0.469 e. The molecule has 0 saturated carbocycles. The van der Waals surface area contributed by atoms with Gasteiger partial charge < -0.3 is 23.8 Å². The maximum Gasteiger partial charge on any atom is 0.469 e. The summed E-state index contributed by atoms with van der Waals surface area (Å²) >= 11 is 0. The topological polar surface area (TPSA) is 79.7 Å². The summed E-state index contributed by atoms with van der Waals surface area (Å²) in [5.41, 5.74) is 11.6. The van der Waals surface area contributed by atoms with E-state index in [1.807, 2.05) is 0 Å². The molecular formula is C14H40N2O3Si4. The Kier molecular flexibility index (Phi) is 9.11. The van der Waals surface area contributed by atoms with Gasteiger partial charge >= 0.3 is 8.80 Å². The van der Waals surface area contributed by atoms with E-state index in [1.54, 1.807) is 0 Å². The highest BCUT2D eigenvalue weighted by Crippen LogP contribution is 2.30. The highest BCUT2D eigenvalue weighted by molar-refractivity contribution is 6.90. The van der Waals surface area contributed by atoms with Crippen molar-refractivity contribution < 1.29 is 12.3 Å². The van der Waals surface area contributed by atoms with Crippen LogP contribution in [-0.2, 0) is 12.3 Å². The second-order valence-electron chi connectivity index (χ2n) is 9.21. The van der Waals surface area contributed by atoms with Gasteiger partial charge in [-0.25, -0.2) is 0 Å². The number of rotatable bonds is 11. The molecule has 0 aliphatic carbocycles. The quantitative estimate of drug-likeness (QED) is 0.522. The fraction of sp³-hybridized carbons (Fsp3) is 1.00. The second-order valence-corrected chi connectivity index (χ2v) is 26.2. The molecule has 1 unspecified atom stereocenters. The van der Waals surface area contributed by atoms with Crippen LogP contribution in [0.15, 0.2) is 0 Å². The highest BCUT2D eigenvalue weighted by atomic mass is 28.5. The molecule has 4 N–H and O–H groups in total. The van der Waals surface area contributed by atoms with E-state index in [2.05, 4.69) is 58.9 Å². The van der Waals surface area contributed by atoms with Gasteiger partial charge in [0.1, 0.15) is 0 Å². The molecule has 1 atom stereocenters. The Morgan fingerprint density at radius 1 is 0.739 bits per heavy atom. The summed E-state index contributed by atoms with van der Waals surface area (Å²) in [6, 6.07) is 0.895. The minimum Gasteiger partial charge on any atom is -0.417 e. The molecule has 0 aromatic heterocycles. The van der Waals surface area contributed by atoms with E-state index in [4.69, 9.17) is 23.8 Å². The van der Waals surface area contributed by atoms with Crippen LogP contribution in [0.3, 0.4) is 0 Å². The van der Waals surface area contributed by atoms with Crippen LogP contribution >= 0.6 is 0 Å². The van der Waals surface area contributed by atoms with Gasteiger partial charge in [0.2, 0.25) is 0 Å². The summed E-state index contributed by atoms with van der Waals surface area (Å²) in [6.45, 7) is 20.4. The predicted molar refractivity (Wildman–Crippen MR) is 110 cm³/mol. The first-order chi connectivity index (χ1) is 10.1. The molecule has 0 aliphatic rings. The Morgan fingerprint density at radius 3 is 1.35 bits per heavy atom. The molecule has 0 aliphatic heterocycles. The summed E-state index contributed by atoms with van der Waals surface area (Å²) in [5.74, 6) is 0. The van der Waals surface area contributed by atoms with Gasteiger partial charge in [0, 0.05) is 18.6 Å². The van der Waals surface area contributed by atoms with Crippen LogP contribution in [-0.4, -0.2) is 46.3 Å². The molecule has 23 heavy (non-hydrogen) atoms. The molecule has 0 amide bonds. The van der Waals surface area contributed by atoms with E-state index in [0.717, 1.165) is 18.9 Å². The lowest BCUT2D eigenvalue weighted by Gasteiger charge is -2.43. The standard InChI is InChI=1S/C14H40N2O3Si4/c1-20(2,3)17-23(18-21(4,5)6,19-22(7,8)9)12-10-11-14(16)13-15/h14H,10-13,15-16H2,1-9H3. The van der Waals surface area contributed by atoms with E-state index in [1.165, 1.54) is 0 Å². The van der Waals surface area contributed by atoms with E-state index in [-0.39, 0.29) is 6.04 Å². The van der Waals surface area contributed by atoms with Crippen molar-refractivity contribution in [3.63, 3.8) is 0 Å². The maximum absolute atomic E-state index is 6.62. The van der Waals surface area contributed by atoms with Crippen molar-refractivity contribution in [1.82, 2.24) is 0 Å². The van der Waals surface area contributed by atoms with Gasteiger partial charge in [0.15, 0.2) is 25.0 Å². The molecule has 5 nitrogen and oxygen atoms in total. The third-order valence-electron chi connectivity index (χ3n) is 2.75.